The van der Waals surface area contributed by atoms with Gasteiger partial charge >= 0.3 is 0 Å². The van der Waals surface area contributed by atoms with E-state index in [1.807, 2.05) is 0 Å². The van der Waals surface area contributed by atoms with Crippen molar-refractivity contribution < 1.29 is 5.11 Å². The summed E-state index contributed by atoms with van der Waals surface area (Å²) in [4.78, 5) is 3.98. The molecule has 0 aliphatic heterocycles. The number of nitrogens with two attached hydrogens (primary N) is 1. The first-order valence-corrected chi connectivity index (χ1v) is 3.44. The van der Waals surface area contributed by atoms with Gasteiger partial charge in [0.05, 0.1) is 5.69 Å². The van der Waals surface area contributed by atoms with Crippen molar-refractivity contribution in [1.29, 1.82) is 0 Å². The summed E-state index contributed by atoms with van der Waals surface area (Å²) in [6, 6.07) is 3.36. The van der Waals surface area contributed by atoms with E-state index in [1.54, 1.807) is 32.2 Å². The number of anilines is 1. The molecule has 1 aromatic heterocycles. The predicted molar refractivity (Wildman–Crippen MR) is 51.1 cm³/mol. The monoisotopic (exact) mass is 188 g/mol. The summed E-state index contributed by atoms with van der Waals surface area (Å²) >= 11 is 0. The minimum Gasteiger partial charge on any atom is -0.399 e. The molecular formula is C8H13ClN2O. The van der Waals surface area contributed by atoms with Crippen molar-refractivity contribution in [3.05, 3.63) is 24.0 Å². The topological polar surface area (TPSA) is 59.1 Å². The van der Waals surface area contributed by atoms with Crippen molar-refractivity contribution >= 4 is 18.1 Å². The Kier molecular flexibility index (Phi) is 3.49. The van der Waals surface area contributed by atoms with Gasteiger partial charge < -0.3 is 10.8 Å². The number of nitrogen functional groups attached to an aromatic ring is 1. The third-order valence-electron chi connectivity index (χ3n) is 1.41. The molecule has 0 aliphatic carbocycles. The van der Waals surface area contributed by atoms with E-state index in [9.17, 15) is 5.11 Å². The van der Waals surface area contributed by atoms with Crippen LogP contribution in [0.15, 0.2) is 18.3 Å². The van der Waals surface area contributed by atoms with Gasteiger partial charge in [-0.05, 0) is 26.0 Å². The van der Waals surface area contributed by atoms with Gasteiger partial charge in [-0.25, -0.2) is 0 Å². The van der Waals surface area contributed by atoms with E-state index in [-0.39, 0.29) is 12.4 Å². The zero-order chi connectivity index (χ0) is 8.48. The van der Waals surface area contributed by atoms with Crippen LogP contribution in [0.25, 0.3) is 0 Å². The molecule has 0 bridgehead atoms. The molecule has 0 aromatic carbocycles. The lowest BCUT2D eigenvalue weighted by Crippen LogP contribution is -2.17. The number of aliphatic hydroxyl groups is 1. The van der Waals surface area contributed by atoms with Gasteiger partial charge in [0.15, 0.2) is 0 Å². The Hall–Kier alpha value is -0.800. The smallest absolute Gasteiger partial charge is 0.101 e. The molecule has 0 spiro atoms. The molecule has 0 unspecified atom stereocenters. The van der Waals surface area contributed by atoms with Crippen LogP contribution in [0.4, 0.5) is 5.69 Å². The maximum Gasteiger partial charge on any atom is 0.101 e. The Morgan fingerprint density at radius 2 is 2.08 bits per heavy atom. The minimum atomic E-state index is -0.907. The van der Waals surface area contributed by atoms with E-state index < -0.39 is 5.60 Å². The second-order valence-corrected chi connectivity index (χ2v) is 3.03. The molecule has 0 fully saturated rings. The first kappa shape index (κ1) is 11.2. The van der Waals surface area contributed by atoms with Crippen LogP contribution in [0.1, 0.15) is 19.5 Å². The summed E-state index contributed by atoms with van der Waals surface area (Å²) < 4.78 is 0. The molecule has 0 atom stereocenters. The third-order valence-corrected chi connectivity index (χ3v) is 1.41. The molecule has 0 aliphatic rings. The molecule has 4 heteroatoms. The van der Waals surface area contributed by atoms with E-state index in [1.165, 1.54) is 0 Å². The van der Waals surface area contributed by atoms with Crippen molar-refractivity contribution in [2.24, 2.45) is 0 Å². The predicted octanol–water partition coefficient (Wildman–Crippen LogP) is 1.31. The van der Waals surface area contributed by atoms with Gasteiger partial charge in [0.25, 0.3) is 0 Å². The van der Waals surface area contributed by atoms with E-state index >= 15 is 0 Å². The zero-order valence-electron chi connectivity index (χ0n) is 7.11. The Labute approximate surface area is 78.0 Å². The number of aromatic nitrogens is 1. The quantitative estimate of drug-likeness (QED) is 0.699. The summed E-state index contributed by atoms with van der Waals surface area (Å²) in [6.07, 6.45) is 1.59. The molecule has 68 valence electrons. The number of pyridine rings is 1. The van der Waals surface area contributed by atoms with Gasteiger partial charge in [-0.15, -0.1) is 12.4 Å². The van der Waals surface area contributed by atoms with Gasteiger partial charge in [-0.1, -0.05) is 0 Å². The maximum atomic E-state index is 9.50. The van der Waals surface area contributed by atoms with Crippen molar-refractivity contribution in [1.82, 2.24) is 4.98 Å². The molecular weight excluding hydrogens is 176 g/mol. The number of rotatable bonds is 1. The van der Waals surface area contributed by atoms with Gasteiger partial charge in [0, 0.05) is 11.9 Å². The van der Waals surface area contributed by atoms with Crippen molar-refractivity contribution in [3.8, 4) is 0 Å². The number of hydrogen-bond donors (Lipinski definition) is 2. The Morgan fingerprint density at radius 1 is 1.50 bits per heavy atom. The standard InChI is InChI=1S/C8H12N2O.ClH/c1-8(2,11)7-5-6(9)3-4-10-7;/h3-5,11H,1-2H3,(H2,9,10);1H. The molecule has 1 heterocycles. The van der Waals surface area contributed by atoms with E-state index in [4.69, 9.17) is 5.73 Å². The fourth-order valence-corrected chi connectivity index (χ4v) is 0.781. The van der Waals surface area contributed by atoms with Gasteiger partial charge in [0.1, 0.15) is 5.60 Å². The van der Waals surface area contributed by atoms with Crippen LogP contribution in [0.3, 0.4) is 0 Å². The first-order chi connectivity index (χ1) is 5.00. The summed E-state index contributed by atoms with van der Waals surface area (Å²) in [5.74, 6) is 0. The summed E-state index contributed by atoms with van der Waals surface area (Å²) in [5, 5.41) is 9.50. The second-order valence-electron chi connectivity index (χ2n) is 3.03. The molecule has 3 nitrogen and oxygen atoms in total. The largest absolute Gasteiger partial charge is 0.399 e. The summed E-state index contributed by atoms with van der Waals surface area (Å²) in [6.45, 7) is 3.35. The highest BCUT2D eigenvalue weighted by molar-refractivity contribution is 5.85. The van der Waals surface area contributed by atoms with Crippen molar-refractivity contribution in [3.63, 3.8) is 0 Å². The average Bonchev–Trinajstić information content (AvgIpc) is 1.86. The first-order valence-electron chi connectivity index (χ1n) is 3.44. The fraction of sp³-hybridized carbons (Fsp3) is 0.375. The molecule has 1 rings (SSSR count). The maximum absolute atomic E-state index is 9.50. The number of hydrogen-bond acceptors (Lipinski definition) is 3. The van der Waals surface area contributed by atoms with Crippen LogP contribution < -0.4 is 5.73 Å². The fourth-order valence-electron chi connectivity index (χ4n) is 0.781. The van der Waals surface area contributed by atoms with Gasteiger partial charge in [-0.3, -0.25) is 4.98 Å². The molecule has 12 heavy (non-hydrogen) atoms. The Bertz CT molecular complexity index is 257. The van der Waals surface area contributed by atoms with Crippen LogP contribution in [0.2, 0.25) is 0 Å². The normalized spacial score (nSPS) is 10.6. The Balaban J connectivity index is 0.00000121. The van der Waals surface area contributed by atoms with E-state index in [2.05, 4.69) is 4.98 Å². The summed E-state index contributed by atoms with van der Waals surface area (Å²) in [7, 11) is 0. The molecule has 1 aromatic rings. The lowest BCUT2D eigenvalue weighted by molar-refractivity contribution is 0.0739. The van der Waals surface area contributed by atoms with Gasteiger partial charge in [-0.2, -0.15) is 0 Å². The van der Waals surface area contributed by atoms with E-state index in [0.717, 1.165) is 0 Å². The molecule has 0 amide bonds. The van der Waals surface area contributed by atoms with Crippen LogP contribution in [0.5, 0.6) is 0 Å². The highest BCUT2D eigenvalue weighted by atomic mass is 35.5. The van der Waals surface area contributed by atoms with Gasteiger partial charge in [0.2, 0.25) is 0 Å². The minimum absolute atomic E-state index is 0. The third kappa shape index (κ3) is 2.68. The van der Waals surface area contributed by atoms with Crippen molar-refractivity contribution in [2.75, 3.05) is 5.73 Å². The van der Waals surface area contributed by atoms with E-state index in [0.29, 0.717) is 11.4 Å². The summed E-state index contributed by atoms with van der Waals surface area (Å²) in [5.41, 5.74) is 5.81. The van der Waals surface area contributed by atoms with Crippen LogP contribution >= 0.6 is 12.4 Å². The second kappa shape index (κ2) is 3.74. The molecule has 0 radical (unpaired) electrons. The van der Waals surface area contributed by atoms with Crippen LogP contribution in [-0.4, -0.2) is 10.1 Å². The number of halogens is 1. The highest BCUT2D eigenvalue weighted by Crippen LogP contribution is 2.18. The van der Waals surface area contributed by atoms with Crippen LogP contribution in [0, 0.1) is 0 Å². The molecule has 0 saturated heterocycles. The molecule has 3 N–H and O–H groups in total. The Morgan fingerprint density at radius 3 is 2.42 bits per heavy atom. The zero-order valence-corrected chi connectivity index (χ0v) is 7.93. The lowest BCUT2D eigenvalue weighted by atomic mass is 10.0. The van der Waals surface area contributed by atoms with Crippen LogP contribution in [-0.2, 0) is 5.60 Å². The van der Waals surface area contributed by atoms with Crippen molar-refractivity contribution in [2.45, 2.75) is 19.4 Å². The lowest BCUT2D eigenvalue weighted by Gasteiger charge is -2.16. The SMILES string of the molecule is CC(C)(O)c1cc(N)ccn1.Cl. The average molecular weight is 189 g/mol. The highest BCUT2D eigenvalue weighted by Gasteiger charge is 2.16. The molecule has 0 saturated carbocycles. The number of nitrogens with zero attached hydrogens (tertiary/aromatic N) is 1.